The largest absolute Gasteiger partial charge is 0.392 e. The number of rotatable bonds is 5. The molecule has 0 saturated carbocycles. The van der Waals surface area contributed by atoms with Crippen molar-refractivity contribution < 1.29 is 8.42 Å². The lowest BCUT2D eigenvalue weighted by molar-refractivity contribution is 0.187. The van der Waals surface area contributed by atoms with Crippen LogP contribution in [0, 0.1) is 0 Å². The van der Waals surface area contributed by atoms with Gasteiger partial charge in [-0.25, -0.2) is 13.1 Å². The van der Waals surface area contributed by atoms with E-state index < -0.39 is 10.0 Å². The summed E-state index contributed by atoms with van der Waals surface area (Å²) in [6, 6.07) is 0.287. The van der Waals surface area contributed by atoms with Crippen molar-refractivity contribution in [2.75, 3.05) is 25.9 Å². The third-order valence-electron chi connectivity index (χ3n) is 2.79. The molecule has 1 rings (SSSR count). The highest BCUT2D eigenvalue weighted by Crippen LogP contribution is 2.14. The Balaban J connectivity index is 2.41. The highest BCUT2D eigenvalue weighted by atomic mass is 32.2. The summed E-state index contributed by atoms with van der Waals surface area (Å²) in [6.45, 7) is 1.48. The van der Waals surface area contributed by atoms with Crippen molar-refractivity contribution in [3.63, 3.8) is 0 Å². The minimum absolute atomic E-state index is 0.00417. The summed E-state index contributed by atoms with van der Waals surface area (Å²) in [5.41, 5.74) is 5.22. The first-order valence-electron chi connectivity index (χ1n) is 5.36. The van der Waals surface area contributed by atoms with E-state index in [2.05, 4.69) is 21.8 Å². The molecule has 1 aliphatic heterocycles. The number of thiocarbonyl (C=S) groups is 1. The van der Waals surface area contributed by atoms with Crippen molar-refractivity contribution in [3.8, 4) is 0 Å². The van der Waals surface area contributed by atoms with E-state index in [1.165, 1.54) is 6.42 Å². The molecule has 1 saturated heterocycles. The Morgan fingerprint density at radius 1 is 1.56 bits per heavy atom. The lowest BCUT2D eigenvalue weighted by atomic mass is 10.0. The summed E-state index contributed by atoms with van der Waals surface area (Å²) in [6.07, 6.45) is 3.38. The van der Waals surface area contributed by atoms with Crippen LogP contribution in [0.4, 0.5) is 0 Å². The molecular weight excluding hydrogens is 246 g/mol. The van der Waals surface area contributed by atoms with Gasteiger partial charge in [-0.05, 0) is 26.4 Å². The van der Waals surface area contributed by atoms with Crippen molar-refractivity contribution in [2.45, 2.75) is 25.3 Å². The van der Waals surface area contributed by atoms with Gasteiger partial charge in [-0.15, -0.1) is 0 Å². The summed E-state index contributed by atoms with van der Waals surface area (Å²) >= 11 is 4.59. The lowest BCUT2D eigenvalue weighted by Crippen LogP contribution is -2.45. The highest BCUT2D eigenvalue weighted by Gasteiger charge is 2.21. The van der Waals surface area contributed by atoms with Crippen LogP contribution in [0.5, 0.6) is 0 Å². The van der Waals surface area contributed by atoms with Crippen LogP contribution in [0.1, 0.15) is 19.3 Å². The molecule has 7 heteroatoms. The minimum atomic E-state index is -3.35. The van der Waals surface area contributed by atoms with Gasteiger partial charge in [0.1, 0.15) is 5.75 Å². The van der Waals surface area contributed by atoms with Crippen molar-refractivity contribution >= 4 is 27.2 Å². The number of sulfonamides is 1. The third kappa shape index (κ3) is 4.73. The first-order chi connectivity index (χ1) is 7.41. The Morgan fingerprint density at radius 3 is 2.81 bits per heavy atom. The zero-order chi connectivity index (χ0) is 12.2. The zero-order valence-electron chi connectivity index (χ0n) is 9.48. The van der Waals surface area contributed by atoms with Crippen LogP contribution in [0.3, 0.4) is 0 Å². The number of likely N-dealkylation sites (N-methyl/N-ethyl adjacent to an activating group) is 1. The van der Waals surface area contributed by atoms with E-state index in [1.807, 2.05) is 7.05 Å². The molecule has 0 spiro atoms. The summed E-state index contributed by atoms with van der Waals surface area (Å²) in [5, 5.41) is 0. The van der Waals surface area contributed by atoms with Crippen molar-refractivity contribution in [1.82, 2.24) is 9.62 Å². The SMILES string of the molecule is CN1CCCCC1CNS(=O)(=O)CC(N)=S. The van der Waals surface area contributed by atoms with Crippen LogP contribution >= 0.6 is 12.2 Å². The molecule has 5 nitrogen and oxygen atoms in total. The fraction of sp³-hybridized carbons (Fsp3) is 0.889. The van der Waals surface area contributed by atoms with Gasteiger partial charge >= 0.3 is 0 Å². The number of nitrogens with zero attached hydrogens (tertiary/aromatic N) is 1. The zero-order valence-corrected chi connectivity index (χ0v) is 11.1. The molecule has 1 unspecified atom stereocenters. The summed E-state index contributed by atoms with van der Waals surface area (Å²) in [5.74, 6) is -0.265. The van der Waals surface area contributed by atoms with E-state index in [9.17, 15) is 8.42 Å². The van der Waals surface area contributed by atoms with E-state index in [0.717, 1.165) is 19.4 Å². The third-order valence-corrected chi connectivity index (χ3v) is 4.42. The Kier molecular flexibility index (Phi) is 5.10. The molecule has 0 aromatic rings. The average molecular weight is 265 g/mol. The summed E-state index contributed by atoms with van der Waals surface area (Å²) in [7, 11) is -1.33. The van der Waals surface area contributed by atoms with Gasteiger partial charge in [0.2, 0.25) is 10.0 Å². The summed E-state index contributed by atoms with van der Waals surface area (Å²) in [4.78, 5) is 2.19. The second-order valence-corrected chi connectivity index (χ2v) is 6.54. The molecule has 1 atom stereocenters. The predicted molar refractivity (Wildman–Crippen MR) is 68.8 cm³/mol. The summed E-state index contributed by atoms with van der Waals surface area (Å²) < 4.78 is 25.5. The molecule has 3 N–H and O–H groups in total. The first-order valence-corrected chi connectivity index (χ1v) is 7.42. The number of hydrogen-bond donors (Lipinski definition) is 2. The monoisotopic (exact) mass is 265 g/mol. The van der Waals surface area contributed by atoms with Gasteiger partial charge in [0.05, 0.1) is 4.99 Å². The second-order valence-electron chi connectivity index (χ2n) is 4.20. The maximum atomic E-state index is 11.5. The van der Waals surface area contributed by atoms with Crippen molar-refractivity contribution in [3.05, 3.63) is 0 Å². The van der Waals surface area contributed by atoms with Gasteiger partial charge in [-0.2, -0.15) is 0 Å². The molecule has 0 bridgehead atoms. The van der Waals surface area contributed by atoms with E-state index >= 15 is 0 Å². The standard InChI is InChI=1S/C9H19N3O2S2/c1-12-5-3-2-4-8(12)6-11-16(13,14)7-9(10)15/h8,11H,2-7H2,1H3,(H2,10,15). The molecular formula is C9H19N3O2S2. The second kappa shape index (κ2) is 5.90. The van der Waals surface area contributed by atoms with E-state index in [-0.39, 0.29) is 16.8 Å². The molecule has 94 valence electrons. The molecule has 1 heterocycles. The molecule has 0 aliphatic carbocycles. The van der Waals surface area contributed by atoms with Gasteiger partial charge in [0, 0.05) is 12.6 Å². The van der Waals surface area contributed by atoms with Crippen LogP contribution < -0.4 is 10.5 Å². The molecule has 0 amide bonds. The number of likely N-dealkylation sites (tertiary alicyclic amines) is 1. The van der Waals surface area contributed by atoms with Crippen LogP contribution in [0.25, 0.3) is 0 Å². The molecule has 0 radical (unpaired) electrons. The molecule has 1 fully saturated rings. The van der Waals surface area contributed by atoms with Crippen molar-refractivity contribution in [1.29, 1.82) is 0 Å². The maximum absolute atomic E-state index is 11.5. The van der Waals surface area contributed by atoms with Crippen LogP contribution in [0.2, 0.25) is 0 Å². The number of nitrogens with one attached hydrogen (secondary N) is 1. The fourth-order valence-electron chi connectivity index (χ4n) is 1.86. The van der Waals surface area contributed by atoms with E-state index in [1.54, 1.807) is 0 Å². The normalized spacial score (nSPS) is 23.2. The van der Waals surface area contributed by atoms with Crippen LogP contribution in [-0.2, 0) is 10.0 Å². The molecule has 16 heavy (non-hydrogen) atoms. The Bertz CT molecular complexity index is 343. The molecule has 0 aromatic carbocycles. The minimum Gasteiger partial charge on any atom is -0.392 e. The Labute approximate surface area is 102 Å². The average Bonchev–Trinajstić information content (AvgIpc) is 2.14. The van der Waals surface area contributed by atoms with E-state index in [4.69, 9.17) is 5.73 Å². The molecule has 1 aliphatic rings. The smallest absolute Gasteiger partial charge is 0.218 e. The van der Waals surface area contributed by atoms with Crippen LogP contribution in [-0.4, -0.2) is 50.2 Å². The Hall–Kier alpha value is -0.240. The lowest BCUT2D eigenvalue weighted by Gasteiger charge is -2.32. The number of nitrogens with two attached hydrogens (primary N) is 1. The maximum Gasteiger partial charge on any atom is 0.218 e. The topological polar surface area (TPSA) is 75.4 Å². The molecule has 0 aromatic heterocycles. The number of hydrogen-bond acceptors (Lipinski definition) is 4. The highest BCUT2D eigenvalue weighted by molar-refractivity contribution is 7.92. The quantitative estimate of drug-likeness (QED) is 0.666. The number of piperidine rings is 1. The van der Waals surface area contributed by atoms with E-state index in [0.29, 0.717) is 6.54 Å². The Morgan fingerprint density at radius 2 is 2.25 bits per heavy atom. The predicted octanol–water partition coefficient (Wildman–Crippen LogP) is -0.324. The first kappa shape index (κ1) is 13.8. The fourth-order valence-corrected chi connectivity index (χ4v) is 3.25. The van der Waals surface area contributed by atoms with Gasteiger partial charge in [-0.3, -0.25) is 0 Å². The van der Waals surface area contributed by atoms with Gasteiger partial charge in [-0.1, -0.05) is 18.6 Å². The van der Waals surface area contributed by atoms with Gasteiger partial charge in [0.25, 0.3) is 0 Å². The van der Waals surface area contributed by atoms with Gasteiger partial charge in [0.15, 0.2) is 0 Å². The van der Waals surface area contributed by atoms with Crippen LogP contribution in [0.15, 0.2) is 0 Å². The van der Waals surface area contributed by atoms with Gasteiger partial charge < -0.3 is 10.6 Å². The van der Waals surface area contributed by atoms with Crippen molar-refractivity contribution in [2.24, 2.45) is 5.73 Å².